The molecule has 0 radical (unpaired) electrons. The number of amides is 4. The third kappa shape index (κ3) is 13.3. The van der Waals surface area contributed by atoms with Crippen LogP contribution in [0.25, 0.3) is 11.1 Å². The van der Waals surface area contributed by atoms with Gasteiger partial charge in [-0.05, 0) is 61.8 Å². The minimum absolute atomic E-state index is 0.00177. The second-order valence-corrected chi connectivity index (χ2v) is 10.0. The van der Waals surface area contributed by atoms with E-state index in [1.165, 1.54) is 0 Å². The molecule has 0 aromatic heterocycles. The Balaban J connectivity index is 2.01. The van der Waals surface area contributed by atoms with Gasteiger partial charge in [0.2, 0.25) is 23.6 Å². The molecule has 42 heavy (non-hydrogen) atoms. The summed E-state index contributed by atoms with van der Waals surface area (Å²) in [6.07, 6.45) is 2.93. The van der Waals surface area contributed by atoms with Crippen LogP contribution in [0.15, 0.2) is 59.6 Å². The molecule has 0 spiro atoms. The maximum absolute atomic E-state index is 13.3. The van der Waals surface area contributed by atoms with E-state index in [0.29, 0.717) is 51.7 Å². The summed E-state index contributed by atoms with van der Waals surface area (Å²) in [6, 6.07) is 15.6. The zero-order valence-corrected chi connectivity index (χ0v) is 24.0. The number of nitrogens with two attached hydrogens (primary N) is 4. The van der Waals surface area contributed by atoms with E-state index >= 15 is 0 Å². The molecule has 0 aliphatic heterocycles. The van der Waals surface area contributed by atoms with Crippen LogP contribution >= 0.6 is 0 Å². The highest BCUT2D eigenvalue weighted by Gasteiger charge is 2.27. The standard InChI is InChI=1S/C30H44N8O4/c31-17-5-4-10-24(28(41)35-18-6-7-19-36-30(33)34)38-29(42)25(15-16-26(32)39)37-27(40)20-21-11-13-23(14-12-21)22-8-2-1-3-9-22/h1-3,8-9,11-14,24-25H,4-7,10,15-20,31H2,(H2,32,39)(H,35,41)(H,37,40)(H,38,42)(H4,33,34,36)/t24-,25-/m0/s1. The van der Waals surface area contributed by atoms with E-state index in [4.69, 9.17) is 22.9 Å². The molecule has 2 aromatic carbocycles. The molecule has 12 nitrogen and oxygen atoms in total. The van der Waals surface area contributed by atoms with Crippen LogP contribution < -0.4 is 38.9 Å². The van der Waals surface area contributed by atoms with Gasteiger partial charge in [-0.2, -0.15) is 0 Å². The fraction of sp³-hybridized carbons (Fsp3) is 0.433. The molecular formula is C30H44N8O4. The quantitative estimate of drug-likeness (QED) is 0.0704. The molecule has 4 amide bonds. The van der Waals surface area contributed by atoms with Gasteiger partial charge in [-0.1, -0.05) is 54.6 Å². The lowest BCUT2D eigenvalue weighted by Crippen LogP contribution is -2.54. The summed E-state index contributed by atoms with van der Waals surface area (Å²) < 4.78 is 0. The van der Waals surface area contributed by atoms with E-state index < -0.39 is 29.8 Å². The molecule has 2 rings (SSSR count). The number of rotatable bonds is 19. The Kier molecular flexibility index (Phi) is 15.1. The lowest BCUT2D eigenvalue weighted by molar-refractivity contribution is -0.132. The summed E-state index contributed by atoms with van der Waals surface area (Å²) in [4.78, 5) is 54.4. The summed E-state index contributed by atoms with van der Waals surface area (Å²) in [7, 11) is 0. The van der Waals surface area contributed by atoms with Gasteiger partial charge >= 0.3 is 0 Å². The average Bonchev–Trinajstić information content (AvgIpc) is 2.97. The lowest BCUT2D eigenvalue weighted by Gasteiger charge is -2.23. The number of hydrogen-bond acceptors (Lipinski definition) is 6. The van der Waals surface area contributed by atoms with Crippen molar-refractivity contribution in [2.24, 2.45) is 27.9 Å². The summed E-state index contributed by atoms with van der Waals surface area (Å²) >= 11 is 0. The van der Waals surface area contributed by atoms with Crippen LogP contribution in [-0.4, -0.2) is 61.3 Å². The largest absolute Gasteiger partial charge is 0.370 e. The van der Waals surface area contributed by atoms with E-state index in [0.717, 1.165) is 16.7 Å². The van der Waals surface area contributed by atoms with Crippen molar-refractivity contribution in [3.63, 3.8) is 0 Å². The van der Waals surface area contributed by atoms with Crippen LogP contribution in [0.5, 0.6) is 0 Å². The molecule has 0 aliphatic rings. The minimum atomic E-state index is -1.04. The fourth-order valence-corrected chi connectivity index (χ4v) is 4.25. The van der Waals surface area contributed by atoms with Crippen molar-refractivity contribution in [2.45, 2.75) is 63.5 Å². The Morgan fingerprint density at radius 1 is 0.738 bits per heavy atom. The highest BCUT2D eigenvalue weighted by molar-refractivity contribution is 5.92. The fourth-order valence-electron chi connectivity index (χ4n) is 4.25. The first kappa shape index (κ1) is 33.8. The second-order valence-electron chi connectivity index (χ2n) is 10.0. The molecule has 0 heterocycles. The van der Waals surface area contributed by atoms with E-state index in [2.05, 4.69) is 20.9 Å². The average molecular weight is 581 g/mol. The third-order valence-electron chi connectivity index (χ3n) is 6.52. The van der Waals surface area contributed by atoms with Gasteiger partial charge in [0.15, 0.2) is 5.96 Å². The SMILES string of the molecule is NCCCC[C@H](NC(=O)[C@H](CCC(N)=O)NC(=O)Cc1ccc(-c2ccccc2)cc1)C(=O)NCCCCN=C(N)N. The number of benzene rings is 2. The van der Waals surface area contributed by atoms with Crippen molar-refractivity contribution in [3.8, 4) is 11.1 Å². The van der Waals surface area contributed by atoms with Crippen LogP contribution in [-0.2, 0) is 25.6 Å². The normalized spacial score (nSPS) is 12.0. The number of unbranched alkanes of at least 4 members (excludes halogenated alkanes) is 2. The number of primary amides is 1. The number of nitrogens with one attached hydrogen (secondary N) is 3. The van der Waals surface area contributed by atoms with Crippen molar-refractivity contribution in [1.82, 2.24) is 16.0 Å². The molecule has 0 fully saturated rings. The first-order valence-electron chi connectivity index (χ1n) is 14.2. The molecule has 0 aliphatic carbocycles. The molecular weight excluding hydrogens is 536 g/mol. The van der Waals surface area contributed by atoms with Crippen LogP contribution in [0.1, 0.15) is 50.5 Å². The topological polar surface area (TPSA) is 221 Å². The number of guanidine groups is 1. The monoisotopic (exact) mass is 580 g/mol. The molecule has 0 saturated heterocycles. The molecule has 228 valence electrons. The van der Waals surface area contributed by atoms with Crippen molar-refractivity contribution >= 4 is 29.6 Å². The maximum atomic E-state index is 13.3. The van der Waals surface area contributed by atoms with E-state index in [9.17, 15) is 19.2 Å². The van der Waals surface area contributed by atoms with Crippen LogP contribution in [0, 0.1) is 0 Å². The van der Waals surface area contributed by atoms with Gasteiger partial charge in [-0.15, -0.1) is 0 Å². The molecule has 0 bridgehead atoms. The Morgan fingerprint density at radius 2 is 1.40 bits per heavy atom. The first-order valence-corrected chi connectivity index (χ1v) is 14.2. The van der Waals surface area contributed by atoms with Gasteiger partial charge in [0.1, 0.15) is 12.1 Å². The smallest absolute Gasteiger partial charge is 0.243 e. The highest BCUT2D eigenvalue weighted by atomic mass is 16.2. The van der Waals surface area contributed by atoms with Gasteiger partial charge < -0.3 is 38.9 Å². The predicted octanol–water partition coefficient (Wildman–Crippen LogP) is 0.430. The minimum Gasteiger partial charge on any atom is -0.370 e. The number of carbonyl (C=O) groups is 4. The van der Waals surface area contributed by atoms with Gasteiger partial charge in [-0.3, -0.25) is 24.2 Å². The molecule has 0 saturated carbocycles. The summed E-state index contributed by atoms with van der Waals surface area (Å²) in [5.41, 5.74) is 24.4. The molecule has 12 heteroatoms. The molecule has 2 atom stereocenters. The number of hydrogen-bond donors (Lipinski definition) is 7. The zero-order valence-electron chi connectivity index (χ0n) is 24.0. The van der Waals surface area contributed by atoms with Crippen molar-refractivity contribution in [2.75, 3.05) is 19.6 Å². The van der Waals surface area contributed by atoms with Gasteiger partial charge in [0.05, 0.1) is 6.42 Å². The number of aliphatic imine (C=N–C) groups is 1. The van der Waals surface area contributed by atoms with Crippen LogP contribution in [0.3, 0.4) is 0 Å². The second kappa shape index (κ2) is 18.8. The van der Waals surface area contributed by atoms with Crippen molar-refractivity contribution in [1.29, 1.82) is 0 Å². The van der Waals surface area contributed by atoms with Crippen molar-refractivity contribution < 1.29 is 19.2 Å². The highest BCUT2D eigenvalue weighted by Crippen LogP contribution is 2.19. The van der Waals surface area contributed by atoms with Gasteiger partial charge in [-0.25, -0.2) is 0 Å². The first-order chi connectivity index (χ1) is 20.2. The summed E-state index contributed by atoms with van der Waals surface area (Å²) in [5.74, 6) is -1.89. The lowest BCUT2D eigenvalue weighted by atomic mass is 10.0. The van der Waals surface area contributed by atoms with Crippen LogP contribution in [0.2, 0.25) is 0 Å². The molecule has 2 aromatic rings. The van der Waals surface area contributed by atoms with E-state index in [1.54, 1.807) is 0 Å². The van der Waals surface area contributed by atoms with Crippen molar-refractivity contribution in [3.05, 3.63) is 60.2 Å². The third-order valence-corrected chi connectivity index (χ3v) is 6.52. The Labute approximate surface area is 247 Å². The Hall–Kier alpha value is -4.45. The predicted molar refractivity (Wildman–Crippen MR) is 164 cm³/mol. The number of nitrogens with zero attached hydrogens (tertiary/aromatic N) is 1. The summed E-state index contributed by atoms with van der Waals surface area (Å²) in [6.45, 7) is 1.29. The van der Waals surface area contributed by atoms with E-state index in [-0.39, 0.29) is 31.1 Å². The Morgan fingerprint density at radius 3 is 2.05 bits per heavy atom. The summed E-state index contributed by atoms with van der Waals surface area (Å²) in [5, 5.41) is 8.28. The van der Waals surface area contributed by atoms with E-state index in [1.807, 2.05) is 54.6 Å². The molecule has 11 N–H and O–H groups in total. The number of carbonyl (C=O) groups excluding carboxylic acids is 4. The maximum Gasteiger partial charge on any atom is 0.243 e. The van der Waals surface area contributed by atoms with Gasteiger partial charge in [0.25, 0.3) is 0 Å². The Bertz CT molecular complexity index is 1170. The van der Waals surface area contributed by atoms with Crippen LogP contribution in [0.4, 0.5) is 0 Å². The van der Waals surface area contributed by atoms with Gasteiger partial charge in [0, 0.05) is 19.5 Å². The zero-order chi connectivity index (χ0) is 30.7. The molecule has 0 unspecified atom stereocenters.